The molecule has 0 N–H and O–H groups in total. The van der Waals surface area contributed by atoms with Crippen LogP contribution < -0.4 is 0 Å². The fourth-order valence-corrected chi connectivity index (χ4v) is 2.95. The predicted octanol–water partition coefficient (Wildman–Crippen LogP) is 4.84. The second-order valence-electron chi connectivity index (χ2n) is 6.18. The van der Waals surface area contributed by atoms with Gasteiger partial charge in [-0.2, -0.15) is 0 Å². The summed E-state index contributed by atoms with van der Waals surface area (Å²) in [4.78, 5) is 4.71. The number of nitrogens with zero attached hydrogens (tertiary/aromatic N) is 2. The maximum atomic E-state index is 4.71. The Morgan fingerprint density at radius 1 is 1.16 bits per heavy atom. The fraction of sp³-hybridized carbons (Fsp3) is 0.312. The van der Waals surface area contributed by atoms with E-state index in [0.29, 0.717) is 0 Å². The van der Waals surface area contributed by atoms with Crippen molar-refractivity contribution in [3.8, 4) is 0 Å². The Balaban J connectivity index is 2.30. The number of benzene rings is 1. The smallest absolute Gasteiger partial charge is 0.146 e. The van der Waals surface area contributed by atoms with Gasteiger partial charge in [0, 0.05) is 11.6 Å². The van der Waals surface area contributed by atoms with Crippen LogP contribution in [0.2, 0.25) is 0 Å². The molecule has 0 aliphatic heterocycles. The number of hydrogen-bond donors (Lipinski definition) is 0. The van der Waals surface area contributed by atoms with E-state index in [1.807, 2.05) is 0 Å². The van der Waals surface area contributed by atoms with E-state index in [4.69, 9.17) is 4.98 Å². The third kappa shape index (κ3) is 2.27. The summed E-state index contributed by atoms with van der Waals surface area (Å²) in [6.45, 7) is 6.75. The highest BCUT2D eigenvalue weighted by Gasteiger charge is 2.18. The van der Waals surface area contributed by atoms with E-state index in [0.717, 1.165) is 16.7 Å². The van der Waals surface area contributed by atoms with Crippen LogP contribution in [0.4, 0.5) is 0 Å². The van der Waals surface area contributed by atoms with Gasteiger partial charge in [0.05, 0.1) is 5.69 Å². The Morgan fingerprint density at radius 3 is 2.63 bits per heavy atom. The molecule has 0 unspecified atom stereocenters. The van der Waals surface area contributed by atoms with Gasteiger partial charge in [0.2, 0.25) is 0 Å². The first kappa shape index (κ1) is 12.7. The minimum atomic E-state index is 0.240. The second-order valence-corrected chi connectivity index (χ2v) is 6.93. The summed E-state index contributed by atoms with van der Waals surface area (Å²) in [5, 5.41) is 2.43. The Morgan fingerprint density at radius 2 is 1.89 bits per heavy atom. The molecule has 0 aliphatic rings. The van der Waals surface area contributed by atoms with Gasteiger partial charge in [0.15, 0.2) is 0 Å². The highest BCUT2D eigenvalue weighted by molar-refractivity contribution is 9.10. The van der Waals surface area contributed by atoms with Crippen LogP contribution in [-0.4, -0.2) is 9.38 Å². The van der Waals surface area contributed by atoms with Crippen molar-refractivity contribution < 1.29 is 0 Å². The number of imidazole rings is 1. The number of hydrogen-bond acceptors (Lipinski definition) is 1. The Bertz CT molecular complexity index is 750. The lowest BCUT2D eigenvalue weighted by Crippen LogP contribution is -2.11. The van der Waals surface area contributed by atoms with Crippen LogP contribution in [0.3, 0.4) is 0 Å². The minimum Gasteiger partial charge on any atom is -0.302 e. The predicted molar refractivity (Wildman–Crippen MR) is 83.6 cm³/mol. The molecule has 3 rings (SSSR count). The summed E-state index contributed by atoms with van der Waals surface area (Å²) in [6.07, 6.45) is 3.11. The largest absolute Gasteiger partial charge is 0.302 e. The molecule has 2 nitrogen and oxygen atoms in total. The molecular formula is C16H17BrN2. The number of aromatic nitrogens is 2. The Kier molecular flexibility index (Phi) is 2.90. The zero-order chi connectivity index (χ0) is 13.6. The average Bonchev–Trinajstić information content (AvgIpc) is 2.65. The van der Waals surface area contributed by atoms with E-state index in [2.05, 4.69) is 77.6 Å². The van der Waals surface area contributed by atoms with Crippen molar-refractivity contribution in [1.82, 2.24) is 9.38 Å². The van der Waals surface area contributed by atoms with Gasteiger partial charge >= 0.3 is 0 Å². The van der Waals surface area contributed by atoms with Crippen molar-refractivity contribution in [2.24, 2.45) is 5.41 Å². The van der Waals surface area contributed by atoms with E-state index in [1.165, 1.54) is 16.5 Å². The molecule has 1 aromatic carbocycles. The van der Waals surface area contributed by atoms with Gasteiger partial charge in [0.25, 0.3) is 0 Å². The first-order valence-corrected chi connectivity index (χ1v) is 7.29. The molecule has 0 atom stereocenters. The lowest BCUT2D eigenvalue weighted by molar-refractivity contribution is 0.404. The minimum absolute atomic E-state index is 0.240. The van der Waals surface area contributed by atoms with Crippen LogP contribution in [0.25, 0.3) is 16.4 Å². The summed E-state index contributed by atoms with van der Waals surface area (Å²) < 4.78 is 3.16. The fourth-order valence-electron chi connectivity index (χ4n) is 2.45. The standard InChI is InChI=1S/C16H17BrN2/c1-16(2,3)10-13-14(17)18-15-12-7-5-4-6-11(12)8-9-19(13)15/h4-9H,10H2,1-3H3. The number of pyridine rings is 1. The Hall–Kier alpha value is -1.35. The molecular weight excluding hydrogens is 300 g/mol. The maximum Gasteiger partial charge on any atom is 0.146 e. The molecule has 0 spiro atoms. The zero-order valence-electron chi connectivity index (χ0n) is 11.4. The summed E-state index contributed by atoms with van der Waals surface area (Å²) in [7, 11) is 0. The highest BCUT2D eigenvalue weighted by atomic mass is 79.9. The van der Waals surface area contributed by atoms with Crippen LogP contribution in [0.1, 0.15) is 26.5 Å². The normalized spacial score (nSPS) is 12.4. The van der Waals surface area contributed by atoms with Crippen LogP contribution in [0, 0.1) is 5.41 Å². The molecule has 0 saturated heterocycles. The van der Waals surface area contributed by atoms with Crippen LogP contribution >= 0.6 is 15.9 Å². The third-order valence-corrected chi connectivity index (χ3v) is 3.90. The van der Waals surface area contributed by atoms with Crippen LogP contribution in [-0.2, 0) is 6.42 Å². The van der Waals surface area contributed by atoms with E-state index in [-0.39, 0.29) is 5.41 Å². The van der Waals surface area contributed by atoms with Crippen molar-refractivity contribution in [2.75, 3.05) is 0 Å². The lowest BCUT2D eigenvalue weighted by Gasteiger charge is -2.18. The quantitative estimate of drug-likeness (QED) is 0.628. The van der Waals surface area contributed by atoms with Gasteiger partial charge in [-0.05, 0) is 39.2 Å². The van der Waals surface area contributed by atoms with E-state index in [1.54, 1.807) is 0 Å². The number of fused-ring (bicyclic) bond motifs is 3. The molecule has 0 amide bonds. The highest BCUT2D eigenvalue weighted by Crippen LogP contribution is 2.29. The first-order chi connectivity index (χ1) is 8.96. The molecule has 3 heteroatoms. The van der Waals surface area contributed by atoms with Gasteiger partial charge in [-0.15, -0.1) is 0 Å². The molecule has 2 aromatic heterocycles. The van der Waals surface area contributed by atoms with Crippen molar-refractivity contribution in [3.63, 3.8) is 0 Å². The van der Waals surface area contributed by atoms with Gasteiger partial charge in [-0.1, -0.05) is 45.0 Å². The summed E-state index contributed by atoms with van der Waals surface area (Å²) in [6, 6.07) is 10.5. The van der Waals surface area contributed by atoms with Gasteiger partial charge < -0.3 is 4.40 Å². The molecule has 0 radical (unpaired) electrons. The van der Waals surface area contributed by atoms with Crippen molar-refractivity contribution in [1.29, 1.82) is 0 Å². The molecule has 0 fully saturated rings. The molecule has 19 heavy (non-hydrogen) atoms. The molecule has 2 heterocycles. The van der Waals surface area contributed by atoms with Crippen molar-refractivity contribution >= 4 is 32.3 Å². The molecule has 3 aromatic rings. The van der Waals surface area contributed by atoms with Crippen molar-refractivity contribution in [3.05, 3.63) is 46.8 Å². The molecule has 0 aliphatic carbocycles. The third-order valence-electron chi connectivity index (χ3n) is 3.26. The molecule has 98 valence electrons. The Labute approximate surface area is 121 Å². The van der Waals surface area contributed by atoms with Crippen molar-refractivity contribution in [2.45, 2.75) is 27.2 Å². The van der Waals surface area contributed by atoms with Gasteiger partial charge in [-0.3, -0.25) is 0 Å². The first-order valence-electron chi connectivity index (χ1n) is 6.50. The SMILES string of the molecule is CC(C)(C)Cc1c(Br)nc2c3ccccc3ccn12. The zero-order valence-corrected chi connectivity index (χ0v) is 13.0. The van der Waals surface area contributed by atoms with Crippen LogP contribution in [0.5, 0.6) is 0 Å². The lowest BCUT2D eigenvalue weighted by atomic mass is 9.91. The van der Waals surface area contributed by atoms with Crippen LogP contribution in [0.15, 0.2) is 41.1 Å². The van der Waals surface area contributed by atoms with E-state index < -0.39 is 0 Å². The molecule has 0 bridgehead atoms. The number of rotatable bonds is 1. The second kappa shape index (κ2) is 4.34. The maximum absolute atomic E-state index is 4.71. The van der Waals surface area contributed by atoms with Gasteiger partial charge in [-0.25, -0.2) is 4.98 Å². The average molecular weight is 317 g/mol. The molecule has 0 saturated carbocycles. The van der Waals surface area contributed by atoms with E-state index in [9.17, 15) is 0 Å². The summed E-state index contributed by atoms with van der Waals surface area (Å²) in [5.41, 5.74) is 2.52. The topological polar surface area (TPSA) is 17.3 Å². The van der Waals surface area contributed by atoms with Gasteiger partial charge in [0.1, 0.15) is 10.3 Å². The summed E-state index contributed by atoms with van der Waals surface area (Å²) >= 11 is 3.62. The monoisotopic (exact) mass is 316 g/mol. The number of halogens is 1. The van der Waals surface area contributed by atoms with E-state index >= 15 is 0 Å². The summed E-state index contributed by atoms with van der Waals surface area (Å²) in [5.74, 6) is 0.